The minimum Gasteiger partial charge on any atom is -0.508 e. The van der Waals surface area contributed by atoms with Crippen LogP contribution in [0.25, 0.3) is 0 Å². The Morgan fingerprint density at radius 1 is 0.481 bits per heavy atom. The maximum absolute atomic E-state index is 11.6. The molecule has 440 valence electrons. The number of rotatable bonds is 31. The van der Waals surface area contributed by atoms with Gasteiger partial charge in [0.2, 0.25) is 0 Å². The van der Waals surface area contributed by atoms with E-state index in [2.05, 4.69) is 150 Å². The lowest BCUT2D eigenvalue weighted by Gasteiger charge is -2.33. The van der Waals surface area contributed by atoms with E-state index in [-0.39, 0.29) is 11.8 Å². The summed E-state index contributed by atoms with van der Waals surface area (Å²) in [6.45, 7) is 28.2. The van der Waals surface area contributed by atoms with Gasteiger partial charge in [0, 0.05) is 59.2 Å². The first-order chi connectivity index (χ1) is 38.7. The van der Waals surface area contributed by atoms with Crippen molar-refractivity contribution in [2.24, 2.45) is 5.73 Å². The Labute approximate surface area is 488 Å². The summed E-state index contributed by atoms with van der Waals surface area (Å²) in [6, 6.07) is 51.5. The SMILES string of the molecule is CC(C)N(CC[C@H](c1ccccc1)c1cc(CCCCOc2ccc(CCN(C(=O)O)C(C)(C)C)cc2)ccc1O)C(C)C.CC(C)N(CC[C@H](c1ccccc1)c1cc(CCCCOc2ccc(CCN)cc2)ccc1O)C(C)C. The zero-order valence-electron chi connectivity index (χ0n) is 51.1. The summed E-state index contributed by atoms with van der Waals surface area (Å²) in [4.78, 5) is 18.1. The van der Waals surface area contributed by atoms with Crippen molar-refractivity contribution in [3.63, 3.8) is 0 Å². The van der Waals surface area contributed by atoms with E-state index in [1.54, 1.807) is 0 Å². The normalized spacial score (nSPS) is 12.5. The number of phenolic OH excluding ortho intramolecular Hbond substituents is 2. The molecule has 10 heteroatoms. The van der Waals surface area contributed by atoms with Crippen LogP contribution in [0.5, 0.6) is 23.0 Å². The van der Waals surface area contributed by atoms with Gasteiger partial charge < -0.3 is 35.4 Å². The first-order valence-electron chi connectivity index (χ1n) is 30.1. The van der Waals surface area contributed by atoms with E-state index in [1.807, 2.05) is 81.4 Å². The molecule has 0 radical (unpaired) electrons. The van der Waals surface area contributed by atoms with Crippen molar-refractivity contribution < 1.29 is 29.6 Å². The van der Waals surface area contributed by atoms with E-state index in [0.29, 0.717) is 68.4 Å². The van der Waals surface area contributed by atoms with Gasteiger partial charge in [-0.05, 0) is 230 Å². The smallest absolute Gasteiger partial charge is 0.407 e. The maximum Gasteiger partial charge on any atom is 0.407 e. The Morgan fingerprint density at radius 2 is 0.852 bits per heavy atom. The van der Waals surface area contributed by atoms with Crippen LogP contribution in [0.4, 0.5) is 4.79 Å². The number of amides is 1. The van der Waals surface area contributed by atoms with Crippen molar-refractivity contribution in [2.45, 2.75) is 182 Å². The second-order valence-corrected chi connectivity index (χ2v) is 23.9. The van der Waals surface area contributed by atoms with Crippen molar-refractivity contribution in [1.29, 1.82) is 0 Å². The molecule has 81 heavy (non-hydrogen) atoms. The number of hydrogen-bond acceptors (Lipinski definition) is 8. The molecule has 0 aliphatic heterocycles. The van der Waals surface area contributed by atoms with E-state index in [9.17, 15) is 20.1 Å². The van der Waals surface area contributed by atoms with Gasteiger partial charge >= 0.3 is 6.09 Å². The highest BCUT2D eigenvalue weighted by atomic mass is 16.5. The molecule has 0 aliphatic carbocycles. The topological polar surface area (TPSA) is 132 Å². The lowest BCUT2D eigenvalue weighted by molar-refractivity contribution is 0.101. The Kier molecular flexibility index (Phi) is 27.1. The minimum atomic E-state index is -0.892. The summed E-state index contributed by atoms with van der Waals surface area (Å²) in [5, 5.41) is 31.4. The number of nitrogens with zero attached hydrogens (tertiary/aromatic N) is 3. The van der Waals surface area contributed by atoms with Gasteiger partial charge in [-0.15, -0.1) is 0 Å². The molecule has 1 amide bonds. The maximum atomic E-state index is 11.6. The standard InChI is InChI=1S/C38H54N2O4.C33H46N2O2/c1-28(2)39(29(3)4)24-23-34(32-14-9-8-10-15-32)35-27-31(18-21-36(35)41)13-11-12-26-44-33-19-16-30(17-20-33)22-25-40(37(42)43)38(5,6)7;1-25(2)35(26(3)4)22-20-31(29-11-6-5-7-12-29)32-24-28(15-18-33(32)36)10-8-9-23-37-30-16-13-27(14-17-30)19-21-34/h8-10,14-21,27-29,34,41H,11-13,22-26H2,1-7H3,(H,42,43);5-7,11-18,24-26,31,36H,8-10,19-23,34H2,1-4H3/t34-;31-/m11/s1. The fourth-order valence-electron chi connectivity index (χ4n) is 11.1. The zero-order valence-corrected chi connectivity index (χ0v) is 51.1. The molecule has 0 saturated carbocycles. The van der Waals surface area contributed by atoms with E-state index in [0.717, 1.165) is 99.1 Å². The lowest BCUT2D eigenvalue weighted by atomic mass is 9.86. The fourth-order valence-corrected chi connectivity index (χ4v) is 11.1. The molecule has 0 heterocycles. The van der Waals surface area contributed by atoms with Gasteiger partial charge in [0.1, 0.15) is 23.0 Å². The molecule has 0 aliphatic rings. The number of phenols is 2. The molecule has 6 aromatic rings. The monoisotopic (exact) mass is 1100 g/mol. The van der Waals surface area contributed by atoms with Crippen molar-refractivity contribution in [3.8, 4) is 23.0 Å². The summed E-state index contributed by atoms with van der Waals surface area (Å²) in [7, 11) is 0. The van der Waals surface area contributed by atoms with Gasteiger partial charge in [-0.3, -0.25) is 9.80 Å². The first-order valence-corrected chi connectivity index (χ1v) is 30.1. The number of ether oxygens (including phenoxy) is 2. The molecule has 6 aromatic carbocycles. The highest BCUT2D eigenvalue weighted by Gasteiger charge is 2.26. The average molecular weight is 1110 g/mol. The number of aryl methyl sites for hydroxylation is 2. The van der Waals surface area contributed by atoms with Crippen molar-refractivity contribution in [3.05, 3.63) is 190 Å². The average Bonchev–Trinajstić information content (AvgIpc) is 3.57. The predicted octanol–water partition coefficient (Wildman–Crippen LogP) is 15.7. The molecule has 0 aromatic heterocycles. The summed E-state index contributed by atoms with van der Waals surface area (Å²) in [6.07, 6.45) is 8.42. The van der Waals surface area contributed by atoms with Crippen LogP contribution in [0.1, 0.15) is 171 Å². The van der Waals surface area contributed by atoms with Gasteiger partial charge in [0.15, 0.2) is 0 Å². The molecule has 5 N–H and O–H groups in total. The number of hydrogen-bond donors (Lipinski definition) is 4. The Bertz CT molecular complexity index is 2690. The molecule has 2 atom stereocenters. The number of aromatic hydroxyl groups is 2. The van der Waals surface area contributed by atoms with Crippen LogP contribution in [0, 0.1) is 0 Å². The Balaban J connectivity index is 0.000000302. The van der Waals surface area contributed by atoms with E-state index in [4.69, 9.17) is 15.2 Å². The van der Waals surface area contributed by atoms with E-state index < -0.39 is 11.6 Å². The van der Waals surface area contributed by atoms with Crippen LogP contribution in [0.15, 0.2) is 146 Å². The number of benzene rings is 6. The fraction of sp³-hybridized carbons (Fsp3) is 0.479. The van der Waals surface area contributed by atoms with E-state index in [1.165, 1.54) is 32.7 Å². The van der Waals surface area contributed by atoms with Crippen LogP contribution in [0.3, 0.4) is 0 Å². The minimum absolute atomic E-state index is 0.128. The van der Waals surface area contributed by atoms with Gasteiger partial charge in [-0.2, -0.15) is 0 Å². The summed E-state index contributed by atoms with van der Waals surface area (Å²) < 4.78 is 11.9. The molecular formula is C71H100N4O6. The van der Waals surface area contributed by atoms with Crippen molar-refractivity contribution >= 4 is 6.09 Å². The highest BCUT2D eigenvalue weighted by molar-refractivity contribution is 5.66. The second kappa shape index (κ2) is 33.6. The lowest BCUT2D eigenvalue weighted by Crippen LogP contribution is -2.45. The molecule has 0 unspecified atom stereocenters. The number of carboxylic acid groups (broad SMARTS) is 1. The van der Waals surface area contributed by atoms with E-state index >= 15 is 0 Å². The van der Waals surface area contributed by atoms with Gasteiger partial charge in [-0.25, -0.2) is 4.79 Å². The molecule has 0 fully saturated rings. The van der Waals surface area contributed by atoms with Gasteiger partial charge in [0.05, 0.1) is 13.2 Å². The van der Waals surface area contributed by atoms with Crippen LogP contribution in [0.2, 0.25) is 0 Å². The number of carbonyl (C=O) groups is 1. The Hall–Kier alpha value is -6.33. The largest absolute Gasteiger partial charge is 0.508 e. The van der Waals surface area contributed by atoms with Crippen molar-refractivity contribution in [1.82, 2.24) is 14.7 Å². The van der Waals surface area contributed by atoms with Gasteiger partial charge in [0.25, 0.3) is 0 Å². The van der Waals surface area contributed by atoms with Gasteiger partial charge in [-0.1, -0.05) is 109 Å². The zero-order chi connectivity index (χ0) is 58.9. The molecule has 10 nitrogen and oxygen atoms in total. The highest BCUT2D eigenvalue weighted by Crippen LogP contribution is 2.37. The number of nitrogens with two attached hydrogens (primary N) is 1. The summed E-state index contributed by atoms with van der Waals surface area (Å²) in [5.74, 6) is 2.78. The summed E-state index contributed by atoms with van der Waals surface area (Å²) in [5.41, 5.74) is 14.6. The second-order valence-electron chi connectivity index (χ2n) is 23.9. The van der Waals surface area contributed by atoms with Crippen LogP contribution in [-0.2, 0) is 25.7 Å². The quantitative estimate of drug-likeness (QED) is 0.0314. The Morgan fingerprint density at radius 3 is 1.20 bits per heavy atom. The molecule has 6 rings (SSSR count). The first kappa shape index (κ1) is 65.5. The van der Waals surface area contributed by atoms with Crippen LogP contribution >= 0.6 is 0 Å². The van der Waals surface area contributed by atoms with Crippen LogP contribution < -0.4 is 15.2 Å². The molecule has 0 saturated heterocycles. The number of unbranched alkanes of at least 4 members (excludes halogenated alkanes) is 2. The molecule has 0 bridgehead atoms. The molecule has 0 spiro atoms. The third-order valence-electron chi connectivity index (χ3n) is 15.5. The molecular weight excluding hydrogens is 1000 g/mol. The third kappa shape index (κ3) is 21.8. The summed E-state index contributed by atoms with van der Waals surface area (Å²) >= 11 is 0. The van der Waals surface area contributed by atoms with Crippen LogP contribution in [-0.4, -0.2) is 105 Å². The van der Waals surface area contributed by atoms with Crippen molar-refractivity contribution in [2.75, 3.05) is 39.4 Å². The third-order valence-corrected chi connectivity index (χ3v) is 15.5. The predicted molar refractivity (Wildman–Crippen MR) is 337 cm³/mol.